The second-order valence-electron chi connectivity index (χ2n) is 12.4. The Morgan fingerprint density at radius 2 is 1.84 bits per heavy atom. The first kappa shape index (κ1) is 31.8. The van der Waals surface area contributed by atoms with Crippen LogP contribution in [0.1, 0.15) is 37.9 Å². The summed E-state index contributed by atoms with van der Waals surface area (Å²) in [5.41, 5.74) is 1.20. The second-order valence-corrected chi connectivity index (χ2v) is 17.2. The molecule has 1 aromatic heterocycles. The van der Waals surface area contributed by atoms with Crippen molar-refractivity contribution in [1.82, 2.24) is 9.47 Å². The van der Waals surface area contributed by atoms with Crippen molar-refractivity contribution in [3.05, 3.63) is 76.7 Å². The number of benzene rings is 2. The lowest BCUT2D eigenvalue weighted by molar-refractivity contribution is -0.133. The average Bonchev–Trinajstić information content (AvgIpc) is 3.53. The average molecular weight is 621 g/mol. The number of nitrogens with zero attached hydrogens (tertiary/aromatic N) is 2. The SMILES string of the molecule is COc1ccc([Si](C)(C)C(CC(=O)N2CCC[C@H]2CO)[C@@H]2Oc3ccc(-n4cccc(OC)c4=O)cc3[C@H](OC)[C@H]2C)cc1. The molecule has 5 rings (SSSR count). The van der Waals surface area contributed by atoms with Gasteiger partial charge in [-0.1, -0.05) is 37.3 Å². The third-order valence-electron chi connectivity index (χ3n) is 9.68. The van der Waals surface area contributed by atoms with E-state index in [1.807, 2.05) is 35.2 Å². The summed E-state index contributed by atoms with van der Waals surface area (Å²) in [5.74, 6) is 1.70. The molecule has 3 aromatic rings. The van der Waals surface area contributed by atoms with E-state index in [9.17, 15) is 14.7 Å². The molecule has 0 saturated carbocycles. The molecule has 1 unspecified atom stereocenters. The normalized spacial score (nSPS) is 22.2. The fourth-order valence-electron chi connectivity index (χ4n) is 7.02. The molecule has 3 heterocycles. The summed E-state index contributed by atoms with van der Waals surface area (Å²) in [7, 11) is 2.46. The maximum absolute atomic E-state index is 13.9. The number of aromatic nitrogens is 1. The van der Waals surface area contributed by atoms with Gasteiger partial charge < -0.3 is 29.0 Å². The third kappa shape index (κ3) is 5.90. The van der Waals surface area contributed by atoms with Crippen LogP contribution in [0, 0.1) is 5.92 Å². The van der Waals surface area contributed by atoms with Crippen LogP contribution in [0.2, 0.25) is 18.6 Å². The monoisotopic (exact) mass is 620 g/mol. The zero-order valence-electron chi connectivity index (χ0n) is 26.5. The van der Waals surface area contributed by atoms with E-state index in [0.29, 0.717) is 24.4 Å². The molecule has 0 aliphatic carbocycles. The van der Waals surface area contributed by atoms with Crippen LogP contribution in [0.5, 0.6) is 17.2 Å². The first-order valence-electron chi connectivity index (χ1n) is 15.3. The van der Waals surface area contributed by atoms with Crippen LogP contribution in [-0.2, 0) is 9.53 Å². The van der Waals surface area contributed by atoms with E-state index in [2.05, 4.69) is 32.2 Å². The Hall–Kier alpha value is -3.60. The summed E-state index contributed by atoms with van der Waals surface area (Å²) in [6, 6.07) is 17.2. The Kier molecular flexibility index (Phi) is 9.53. The van der Waals surface area contributed by atoms with Crippen molar-refractivity contribution in [3.63, 3.8) is 0 Å². The van der Waals surface area contributed by atoms with Gasteiger partial charge in [0, 0.05) is 49.0 Å². The molecule has 10 heteroatoms. The van der Waals surface area contributed by atoms with Crippen LogP contribution in [-0.4, -0.2) is 75.2 Å². The summed E-state index contributed by atoms with van der Waals surface area (Å²) in [5, 5.41) is 11.2. The van der Waals surface area contributed by atoms with E-state index >= 15 is 0 Å². The Bertz CT molecular complexity index is 1520. The summed E-state index contributed by atoms with van der Waals surface area (Å²) in [6.07, 6.45) is 3.13. The van der Waals surface area contributed by atoms with Gasteiger partial charge in [0.25, 0.3) is 5.56 Å². The minimum Gasteiger partial charge on any atom is -0.497 e. The highest BCUT2D eigenvalue weighted by Crippen LogP contribution is 2.47. The standard InChI is InChI=1S/C34H44N2O7Si/c1-22-32(42-4)27-19-23(36-18-8-10-29(41-3)34(36)39)11-16-28(27)43-33(22)30(20-31(38)35-17-7-9-24(35)21-37)44(5,6)26-14-12-25(40-2)13-15-26/h8,10-16,18-19,22,24,30,32-33,37H,7,9,17,20-21H2,1-6H3/t22-,24+,30?,32-,33-/m1/s1. The van der Waals surface area contributed by atoms with Crippen molar-refractivity contribution in [2.45, 2.75) is 63.1 Å². The summed E-state index contributed by atoms with van der Waals surface area (Å²) >= 11 is 0. The molecule has 2 aliphatic heterocycles. The van der Waals surface area contributed by atoms with Crippen molar-refractivity contribution in [2.24, 2.45) is 5.92 Å². The van der Waals surface area contributed by atoms with Crippen LogP contribution in [0.25, 0.3) is 5.69 Å². The number of methoxy groups -OCH3 is 3. The fraction of sp³-hybridized carbons (Fsp3) is 0.471. The number of carbonyl (C=O) groups is 1. The summed E-state index contributed by atoms with van der Waals surface area (Å²) < 4.78 is 25.2. The Morgan fingerprint density at radius 1 is 1.09 bits per heavy atom. The maximum Gasteiger partial charge on any atom is 0.297 e. The molecule has 5 atom stereocenters. The minimum absolute atomic E-state index is 0.0239. The van der Waals surface area contributed by atoms with Crippen LogP contribution in [0.4, 0.5) is 0 Å². The number of likely N-dealkylation sites (tertiary alicyclic amines) is 1. The number of ether oxygens (including phenoxy) is 4. The molecular weight excluding hydrogens is 576 g/mol. The van der Waals surface area contributed by atoms with E-state index in [0.717, 1.165) is 24.2 Å². The smallest absolute Gasteiger partial charge is 0.297 e. The highest BCUT2D eigenvalue weighted by molar-refractivity contribution is 6.91. The number of carbonyl (C=O) groups excluding carboxylic acids is 1. The van der Waals surface area contributed by atoms with E-state index in [1.54, 1.807) is 37.1 Å². The van der Waals surface area contributed by atoms with Crippen molar-refractivity contribution >= 4 is 19.2 Å². The zero-order chi connectivity index (χ0) is 31.6. The second kappa shape index (κ2) is 13.2. The van der Waals surface area contributed by atoms with Crippen molar-refractivity contribution < 1.29 is 28.8 Å². The molecule has 0 spiro atoms. The topological polar surface area (TPSA) is 99.5 Å². The molecule has 44 heavy (non-hydrogen) atoms. The molecule has 2 aliphatic rings. The fourth-order valence-corrected chi connectivity index (χ4v) is 10.4. The van der Waals surface area contributed by atoms with Gasteiger partial charge >= 0.3 is 0 Å². The zero-order valence-corrected chi connectivity index (χ0v) is 27.5. The number of rotatable bonds is 10. The molecule has 1 N–H and O–H groups in total. The number of pyridine rings is 1. The molecule has 1 amide bonds. The molecule has 2 aromatic carbocycles. The van der Waals surface area contributed by atoms with Gasteiger partial charge in [0.15, 0.2) is 5.75 Å². The van der Waals surface area contributed by atoms with Crippen molar-refractivity contribution in [3.8, 4) is 22.9 Å². The van der Waals surface area contributed by atoms with E-state index in [4.69, 9.17) is 18.9 Å². The van der Waals surface area contributed by atoms with Gasteiger partial charge in [-0.05, 0) is 55.3 Å². The van der Waals surface area contributed by atoms with Crippen LogP contribution < -0.4 is 25.0 Å². The number of hydrogen-bond donors (Lipinski definition) is 1. The van der Waals surface area contributed by atoms with Crippen LogP contribution in [0.15, 0.2) is 65.6 Å². The lowest BCUT2D eigenvalue weighted by Crippen LogP contribution is -2.55. The Morgan fingerprint density at radius 3 is 2.50 bits per heavy atom. The molecular formula is C34H44N2O7Si. The third-order valence-corrected chi connectivity index (χ3v) is 13.9. The summed E-state index contributed by atoms with van der Waals surface area (Å²) in [6.45, 7) is 7.36. The van der Waals surface area contributed by atoms with Crippen LogP contribution >= 0.6 is 0 Å². The molecule has 236 valence electrons. The van der Waals surface area contributed by atoms with Gasteiger partial charge in [-0.3, -0.25) is 14.2 Å². The number of amides is 1. The maximum atomic E-state index is 13.9. The molecule has 1 fully saturated rings. The van der Waals surface area contributed by atoms with Crippen LogP contribution in [0.3, 0.4) is 0 Å². The molecule has 0 bridgehead atoms. The lowest BCUT2D eigenvalue weighted by Gasteiger charge is -2.46. The highest BCUT2D eigenvalue weighted by atomic mass is 28.3. The van der Waals surface area contributed by atoms with Gasteiger partial charge in [-0.2, -0.15) is 0 Å². The lowest BCUT2D eigenvalue weighted by atomic mass is 9.86. The predicted octanol–water partition coefficient (Wildman–Crippen LogP) is 4.30. The van der Waals surface area contributed by atoms with Gasteiger partial charge in [-0.25, -0.2) is 0 Å². The van der Waals surface area contributed by atoms with Gasteiger partial charge in [0.2, 0.25) is 5.91 Å². The molecule has 9 nitrogen and oxygen atoms in total. The summed E-state index contributed by atoms with van der Waals surface area (Å²) in [4.78, 5) is 28.8. The Balaban J connectivity index is 1.54. The number of hydrogen-bond acceptors (Lipinski definition) is 7. The van der Waals surface area contributed by atoms with E-state index < -0.39 is 8.07 Å². The van der Waals surface area contributed by atoms with Gasteiger partial charge in [-0.15, -0.1) is 0 Å². The quantitative estimate of drug-likeness (QED) is 0.338. The van der Waals surface area contributed by atoms with Gasteiger partial charge in [0.05, 0.1) is 41.0 Å². The highest BCUT2D eigenvalue weighted by Gasteiger charge is 2.49. The first-order valence-corrected chi connectivity index (χ1v) is 18.4. The van der Waals surface area contributed by atoms with E-state index in [-0.39, 0.29) is 53.5 Å². The van der Waals surface area contributed by atoms with Crippen molar-refractivity contribution in [1.29, 1.82) is 0 Å². The number of fused-ring (bicyclic) bond motifs is 1. The van der Waals surface area contributed by atoms with E-state index in [1.165, 1.54) is 12.3 Å². The minimum atomic E-state index is -2.37. The largest absolute Gasteiger partial charge is 0.497 e. The molecule has 0 radical (unpaired) electrons. The van der Waals surface area contributed by atoms with Crippen molar-refractivity contribution in [2.75, 3.05) is 34.5 Å². The Labute approximate surface area is 260 Å². The number of aliphatic hydroxyl groups is 1. The molecule has 1 saturated heterocycles. The predicted molar refractivity (Wildman–Crippen MR) is 172 cm³/mol. The van der Waals surface area contributed by atoms with Gasteiger partial charge in [0.1, 0.15) is 17.6 Å². The first-order chi connectivity index (χ1) is 21.1. The number of aliphatic hydroxyl groups excluding tert-OH is 1.